The molecule has 3 nitrogen and oxygen atoms in total. The van der Waals surface area contributed by atoms with E-state index in [9.17, 15) is 5.26 Å². The van der Waals surface area contributed by atoms with Crippen LogP contribution >= 0.6 is 0 Å². The van der Waals surface area contributed by atoms with Gasteiger partial charge in [-0.2, -0.15) is 5.26 Å². The van der Waals surface area contributed by atoms with Crippen molar-refractivity contribution in [1.29, 1.82) is 5.26 Å². The molecule has 20 heavy (non-hydrogen) atoms. The standard InChI is InChI=1S/C17H31N3/c1-14(2)19-17(12-18,16-9-10-16)13-20(3)11-15-7-5-4-6-8-15/h14-16,19H,4-11,13H2,1-3H3. The number of rotatable bonds is 7. The average Bonchev–Trinajstić information content (AvgIpc) is 3.23. The molecule has 3 heteroatoms. The van der Waals surface area contributed by atoms with Gasteiger partial charge in [0.25, 0.3) is 0 Å². The van der Waals surface area contributed by atoms with Crippen molar-refractivity contribution in [1.82, 2.24) is 10.2 Å². The predicted octanol–water partition coefficient (Wildman–Crippen LogP) is 3.17. The molecule has 0 amide bonds. The van der Waals surface area contributed by atoms with Gasteiger partial charge in [-0.3, -0.25) is 5.32 Å². The van der Waals surface area contributed by atoms with Gasteiger partial charge in [0.05, 0.1) is 6.07 Å². The molecule has 0 aromatic rings. The van der Waals surface area contributed by atoms with Gasteiger partial charge < -0.3 is 4.90 Å². The first-order chi connectivity index (χ1) is 9.55. The Bertz CT molecular complexity index is 337. The lowest BCUT2D eigenvalue weighted by Gasteiger charge is -2.36. The Morgan fingerprint density at radius 3 is 2.35 bits per heavy atom. The highest BCUT2D eigenvalue weighted by Crippen LogP contribution is 2.40. The Morgan fingerprint density at radius 1 is 1.20 bits per heavy atom. The van der Waals surface area contributed by atoms with E-state index in [-0.39, 0.29) is 5.54 Å². The van der Waals surface area contributed by atoms with Crippen molar-refractivity contribution in [3.05, 3.63) is 0 Å². The van der Waals surface area contributed by atoms with E-state index in [1.165, 1.54) is 44.9 Å². The molecule has 2 fully saturated rings. The second-order valence-electron chi connectivity index (χ2n) is 7.36. The van der Waals surface area contributed by atoms with Crippen LogP contribution < -0.4 is 5.32 Å². The maximum atomic E-state index is 9.75. The summed E-state index contributed by atoms with van der Waals surface area (Å²) in [5.41, 5.74) is -0.322. The number of nitriles is 1. The SMILES string of the molecule is CC(C)NC(C#N)(CN(C)CC1CCCCC1)C1CC1. The molecule has 0 bridgehead atoms. The minimum Gasteiger partial charge on any atom is -0.303 e. The molecular weight excluding hydrogens is 246 g/mol. The maximum Gasteiger partial charge on any atom is 0.122 e. The third-order valence-electron chi connectivity index (χ3n) is 4.83. The van der Waals surface area contributed by atoms with Gasteiger partial charge in [0.1, 0.15) is 5.54 Å². The Morgan fingerprint density at radius 2 is 1.85 bits per heavy atom. The van der Waals surface area contributed by atoms with Gasteiger partial charge in [-0.1, -0.05) is 19.3 Å². The Hall–Kier alpha value is -0.590. The smallest absolute Gasteiger partial charge is 0.122 e. The number of likely N-dealkylation sites (N-methyl/N-ethyl adjacent to an activating group) is 1. The van der Waals surface area contributed by atoms with E-state index < -0.39 is 0 Å². The second kappa shape index (κ2) is 6.91. The highest BCUT2D eigenvalue weighted by atomic mass is 15.2. The third kappa shape index (κ3) is 4.20. The number of nitrogens with zero attached hydrogens (tertiary/aromatic N) is 2. The molecule has 1 N–H and O–H groups in total. The Labute approximate surface area is 124 Å². The lowest BCUT2D eigenvalue weighted by molar-refractivity contribution is 0.178. The summed E-state index contributed by atoms with van der Waals surface area (Å²) in [7, 11) is 2.20. The van der Waals surface area contributed by atoms with E-state index in [4.69, 9.17) is 0 Å². The minimum atomic E-state index is -0.322. The van der Waals surface area contributed by atoms with Crippen LogP contribution in [0.1, 0.15) is 58.8 Å². The molecule has 1 atom stereocenters. The van der Waals surface area contributed by atoms with Crippen LogP contribution in [-0.4, -0.2) is 36.6 Å². The summed E-state index contributed by atoms with van der Waals surface area (Å²) in [5, 5.41) is 13.3. The quantitative estimate of drug-likeness (QED) is 0.777. The van der Waals surface area contributed by atoms with Crippen molar-refractivity contribution in [2.75, 3.05) is 20.1 Å². The fraction of sp³-hybridized carbons (Fsp3) is 0.941. The molecule has 114 valence electrons. The topological polar surface area (TPSA) is 39.1 Å². The first kappa shape index (κ1) is 15.8. The summed E-state index contributed by atoms with van der Waals surface area (Å²) in [6, 6.07) is 3.00. The summed E-state index contributed by atoms with van der Waals surface area (Å²) in [5.74, 6) is 1.41. The molecule has 2 aliphatic rings. The molecular formula is C17H31N3. The zero-order valence-electron chi connectivity index (χ0n) is 13.5. The normalized spacial score (nSPS) is 23.8. The summed E-state index contributed by atoms with van der Waals surface area (Å²) < 4.78 is 0. The third-order valence-corrected chi connectivity index (χ3v) is 4.83. The fourth-order valence-corrected chi connectivity index (χ4v) is 3.84. The molecule has 2 rings (SSSR count). The summed E-state index contributed by atoms with van der Waals surface area (Å²) in [6.45, 7) is 6.34. The van der Waals surface area contributed by atoms with Crippen LogP contribution in [0.25, 0.3) is 0 Å². The first-order valence-electron chi connectivity index (χ1n) is 8.43. The van der Waals surface area contributed by atoms with Crippen molar-refractivity contribution < 1.29 is 0 Å². The van der Waals surface area contributed by atoms with Gasteiger partial charge in [0.15, 0.2) is 0 Å². The summed E-state index contributed by atoms with van der Waals surface area (Å²) >= 11 is 0. The molecule has 0 saturated heterocycles. The molecule has 2 saturated carbocycles. The highest BCUT2D eigenvalue weighted by molar-refractivity contribution is 5.17. The molecule has 0 radical (unpaired) electrons. The van der Waals surface area contributed by atoms with Gasteiger partial charge in [0.2, 0.25) is 0 Å². The Balaban J connectivity index is 1.91. The van der Waals surface area contributed by atoms with Crippen molar-refractivity contribution in [3.8, 4) is 6.07 Å². The van der Waals surface area contributed by atoms with Crippen LogP contribution in [0.4, 0.5) is 0 Å². The number of nitrogens with one attached hydrogen (secondary N) is 1. The number of hydrogen-bond acceptors (Lipinski definition) is 3. The summed E-state index contributed by atoms with van der Waals surface area (Å²) in [4.78, 5) is 2.41. The van der Waals surface area contributed by atoms with Crippen LogP contribution in [0.2, 0.25) is 0 Å². The fourth-order valence-electron chi connectivity index (χ4n) is 3.84. The van der Waals surface area contributed by atoms with Crippen LogP contribution in [-0.2, 0) is 0 Å². The monoisotopic (exact) mass is 277 g/mol. The minimum absolute atomic E-state index is 0.322. The molecule has 0 spiro atoms. The van der Waals surface area contributed by atoms with Crippen LogP contribution in [0.3, 0.4) is 0 Å². The van der Waals surface area contributed by atoms with Crippen molar-refractivity contribution in [2.24, 2.45) is 11.8 Å². The van der Waals surface area contributed by atoms with Gasteiger partial charge in [-0.25, -0.2) is 0 Å². The van der Waals surface area contributed by atoms with Gasteiger partial charge in [-0.05, 0) is 58.4 Å². The van der Waals surface area contributed by atoms with E-state index in [1.807, 2.05) is 0 Å². The predicted molar refractivity (Wildman–Crippen MR) is 83.4 cm³/mol. The van der Waals surface area contributed by atoms with E-state index in [2.05, 4.69) is 37.2 Å². The molecule has 0 aliphatic heterocycles. The van der Waals surface area contributed by atoms with Gasteiger partial charge >= 0.3 is 0 Å². The van der Waals surface area contributed by atoms with Crippen LogP contribution in [0.15, 0.2) is 0 Å². The molecule has 1 unspecified atom stereocenters. The Kier molecular flexibility index (Phi) is 5.46. The average molecular weight is 277 g/mol. The van der Waals surface area contributed by atoms with Crippen LogP contribution in [0, 0.1) is 23.2 Å². The molecule has 2 aliphatic carbocycles. The molecule has 0 aromatic heterocycles. The second-order valence-corrected chi connectivity index (χ2v) is 7.36. The van der Waals surface area contributed by atoms with E-state index in [0.29, 0.717) is 12.0 Å². The van der Waals surface area contributed by atoms with Gasteiger partial charge in [0, 0.05) is 19.1 Å². The summed E-state index contributed by atoms with van der Waals surface area (Å²) in [6.07, 6.45) is 9.40. The van der Waals surface area contributed by atoms with E-state index in [0.717, 1.165) is 19.0 Å². The lowest BCUT2D eigenvalue weighted by Crippen LogP contribution is -2.56. The maximum absolute atomic E-state index is 9.75. The first-order valence-corrected chi connectivity index (χ1v) is 8.43. The number of hydrogen-bond donors (Lipinski definition) is 1. The van der Waals surface area contributed by atoms with Crippen molar-refractivity contribution in [2.45, 2.75) is 70.4 Å². The van der Waals surface area contributed by atoms with E-state index in [1.54, 1.807) is 0 Å². The molecule has 0 heterocycles. The van der Waals surface area contributed by atoms with Gasteiger partial charge in [-0.15, -0.1) is 0 Å². The van der Waals surface area contributed by atoms with Crippen molar-refractivity contribution >= 4 is 0 Å². The van der Waals surface area contributed by atoms with E-state index >= 15 is 0 Å². The zero-order chi connectivity index (χ0) is 14.6. The highest BCUT2D eigenvalue weighted by Gasteiger charge is 2.46. The van der Waals surface area contributed by atoms with Crippen molar-refractivity contribution in [3.63, 3.8) is 0 Å². The zero-order valence-corrected chi connectivity index (χ0v) is 13.5. The molecule has 0 aromatic carbocycles. The lowest BCUT2D eigenvalue weighted by atomic mass is 9.88. The largest absolute Gasteiger partial charge is 0.303 e. The van der Waals surface area contributed by atoms with Crippen LogP contribution in [0.5, 0.6) is 0 Å².